The number of aliphatic hydroxyl groups excluding tert-OH is 1. The second kappa shape index (κ2) is 9.31. The van der Waals surface area contributed by atoms with E-state index < -0.39 is 6.10 Å². The number of aliphatic hydroxyl groups is 1. The molecule has 1 aliphatic carbocycles. The van der Waals surface area contributed by atoms with E-state index >= 15 is 0 Å². The largest absolute Gasteiger partial charge is 0.391 e. The summed E-state index contributed by atoms with van der Waals surface area (Å²) in [4.78, 5) is 26.4. The van der Waals surface area contributed by atoms with Gasteiger partial charge in [-0.2, -0.15) is 0 Å². The van der Waals surface area contributed by atoms with Crippen molar-refractivity contribution < 1.29 is 14.7 Å². The Balaban J connectivity index is 1.31. The van der Waals surface area contributed by atoms with Crippen LogP contribution >= 0.6 is 15.9 Å². The van der Waals surface area contributed by atoms with Crippen LogP contribution in [0.4, 0.5) is 0 Å². The van der Waals surface area contributed by atoms with Gasteiger partial charge < -0.3 is 15.3 Å². The second-order valence-corrected chi connectivity index (χ2v) is 9.17. The lowest BCUT2D eigenvalue weighted by atomic mass is 9.97. The lowest BCUT2D eigenvalue weighted by Gasteiger charge is -2.30. The molecule has 0 aromatic heterocycles. The Bertz CT molecular complexity index is 942. The SMILES string of the molecule is O=C(NCc1ccccc1CCC(O)CN1CCc2cc(Br)ccc2C1=O)C1CC1. The standard InChI is InChI=1S/C24H27BrN2O3/c25-20-8-10-22-18(13-20)11-12-27(24(22)30)15-21(28)9-7-16-3-1-2-4-19(16)14-26-23(29)17-5-6-17/h1-4,8,10,13,17,21,28H,5-7,9,11-12,14-15H2,(H,26,29). The first-order valence-electron chi connectivity index (χ1n) is 10.6. The number of carbonyl (C=O) groups is 2. The summed E-state index contributed by atoms with van der Waals surface area (Å²) in [6.45, 7) is 1.50. The minimum absolute atomic E-state index is 0.00834. The molecule has 158 valence electrons. The molecule has 0 spiro atoms. The van der Waals surface area contributed by atoms with Crippen LogP contribution < -0.4 is 5.32 Å². The van der Waals surface area contributed by atoms with Crippen molar-refractivity contribution in [1.82, 2.24) is 10.2 Å². The first-order valence-corrected chi connectivity index (χ1v) is 11.4. The number of hydrogen-bond donors (Lipinski definition) is 2. The normalized spacial score (nSPS) is 16.9. The number of aryl methyl sites for hydroxylation is 1. The highest BCUT2D eigenvalue weighted by atomic mass is 79.9. The summed E-state index contributed by atoms with van der Waals surface area (Å²) in [6, 6.07) is 13.8. The summed E-state index contributed by atoms with van der Waals surface area (Å²) in [5.74, 6) is 0.332. The van der Waals surface area contributed by atoms with E-state index in [9.17, 15) is 14.7 Å². The maximum Gasteiger partial charge on any atom is 0.254 e. The molecule has 1 unspecified atom stereocenters. The fourth-order valence-corrected chi connectivity index (χ4v) is 4.40. The number of hydrogen-bond acceptors (Lipinski definition) is 3. The lowest BCUT2D eigenvalue weighted by molar-refractivity contribution is -0.122. The van der Waals surface area contributed by atoms with Crippen LogP contribution in [0.25, 0.3) is 0 Å². The average molecular weight is 471 g/mol. The summed E-state index contributed by atoms with van der Waals surface area (Å²) < 4.78 is 0.981. The van der Waals surface area contributed by atoms with E-state index in [-0.39, 0.29) is 17.7 Å². The predicted octanol–water partition coefficient (Wildman–Crippen LogP) is 3.47. The van der Waals surface area contributed by atoms with Crippen LogP contribution in [0.1, 0.15) is 46.3 Å². The van der Waals surface area contributed by atoms with Crippen molar-refractivity contribution in [3.8, 4) is 0 Å². The van der Waals surface area contributed by atoms with Crippen LogP contribution in [-0.2, 0) is 24.2 Å². The minimum atomic E-state index is -0.583. The van der Waals surface area contributed by atoms with Gasteiger partial charge >= 0.3 is 0 Å². The molecule has 5 nitrogen and oxygen atoms in total. The maximum atomic E-state index is 12.8. The summed E-state index contributed by atoms with van der Waals surface area (Å²) >= 11 is 3.46. The molecule has 2 aliphatic rings. The Morgan fingerprint density at radius 1 is 1.20 bits per heavy atom. The third-order valence-electron chi connectivity index (χ3n) is 5.93. The molecule has 6 heteroatoms. The van der Waals surface area contributed by atoms with Crippen molar-refractivity contribution in [2.75, 3.05) is 13.1 Å². The number of halogens is 1. The Kier molecular flexibility index (Phi) is 6.54. The first-order chi connectivity index (χ1) is 14.5. The topological polar surface area (TPSA) is 69.6 Å². The molecule has 1 saturated carbocycles. The third-order valence-corrected chi connectivity index (χ3v) is 6.43. The van der Waals surface area contributed by atoms with Crippen LogP contribution in [0, 0.1) is 5.92 Å². The molecular weight excluding hydrogens is 444 g/mol. The molecule has 1 fully saturated rings. The van der Waals surface area contributed by atoms with Crippen LogP contribution in [0.3, 0.4) is 0 Å². The minimum Gasteiger partial charge on any atom is -0.391 e. The number of rotatable bonds is 8. The molecule has 1 aliphatic heterocycles. The van der Waals surface area contributed by atoms with Gasteiger partial charge in [0, 0.05) is 35.6 Å². The fraction of sp³-hybridized carbons (Fsp3) is 0.417. The van der Waals surface area contributed by atoms with E-state index in [1.165, 1.54) is 0 Å². The highest BCUT2D eigenvalue weighted by Gasteiger charge is 2.29. The van der Waals surface area contributed by atoms with Gasteiger partial charge in [0.2, 0.25) is 5.91 Å². The van der Waals surface area contributed by atoms with Gasteiger partial charge in [-0.05, 0) is 67.0 Å². The molecule has 1 heterocycles. The number of nitrogens with zero attached hydrogens (tertiary/aromatic N) is 1. The van der Waals surface area contributed by atoms with Crippen molar-refractivity contribution >= 4 is 27.7 Å². The van der Waals surface area contributed by atoms with Gasteiger partial charge in [0.15, 0.2) is 0 Å². The number of nitrogens with one attached hydrogen (secondary N) is 1. The Morgan fingerprint density at radius 3 is 2.73 bits per heavy atom. The predicted molar refractivity (Wildman–Crippen MR) is 119 cm³/mol. The lowest BCUT2D eigenvalue weighted by Crippen LogP contribution is -2.42. The van der Waals surface area contributed by atoms with Gasteiger partial charge in [-0.25, -0.2) is 0 Å². The smallest absolute Gasteiger partial charge is 0.254 e. The van der Waals surface area contributed by atoms with E-state index in [1.54, 1.807) is 4.90 Å². The summed E-state index contributed by atoms with van der Waals surface area (Å²) in [5.41, 5.74) is 4.01. The molecule has 2 amide bonds. The zero-order valence-corrected chi connectivity index (χ0v) is 18.5. The number of carbonyl (C=O) groups excluding carboxylic acids is 2. The zero-order chi connectivity index (χ0) is 21.1. The van der Waals surface area contributed by atoms with E-state index in [4.69, 9.17) is 0 Å². The van der Waals surface area contributed by atoms with Crippen molar-refractivity contribution in [3.63, 3.8) is 0 Å². The molecule has 30 heavy (non-hydrogen) atoms. The molecule has 4 rings (SSSR count). The number of benzene rings is 2. The summed E-state index contributed by atoms with van der Waals surface area (Å²) in [6.07, 6.45) is 3.50. The van der Waals surface area contributed by atoms with Crippen LogP contribution in [0.2, 0.25) is 0 Å². The van der Waals surface area contributed by atoms with Crippen molar-refractivity contribution in [2.45, 2.75) is 44.8 Å². The first kappa shape index (κ1) is 21.1. The molecule has 0 radical (unpaired) electrons. The maximum absolute atomic E-state index is 12.8. The van der Waals surface area contributed by atoms with Gasteiger partial charge in [-0.1, -0.05) is 40.2 Å². The summed E-state index contributed by atoms with van der Waals surface area (Å²) in [5, 5.41) is 13.6. The van der Waals surface area contributed by atoms with E-state index in [2.05, 4.69) is 21.2 Å². The average Bonchev–Trinajstić information content (AvgIpc) is 3.58. The molecule has 0 bridgehead atoms. The van der Waals surface area contributed by atoms with Crippen LogP contribution in [0.5, 0.6) is 0 Å². The Morgan fingerprint density at radius 2 is 1.97 bits per heavy atom. The van der Waals surface area contributed by atoms with Crippen molar-refractivity contribution in [2.24, 2.45) is 5.92 Å². The molecular formula is C24H27BrN2O3. The van der Waals surface area contributed by atoms with Gasteiger partial charge in [0.1, 0.15) is 0 Å². The second-order valence-electron chi connectivity index (χ2n) is 8.26. The number of fused-ring (bicyclic) bond motifs is 1. The van der Waals surface area contributed by atoms with Gasteiger partial charge in [-0.15, -0.1) is 0 Å². The van der Waals surface area contributed by atoms with Crippen molar-refractivity contribution in [3.05, 3.63) is 69.2 Å². The third kappa shape index (κ3) is 5.10. The van der Waals surface area contributed by atoms with E-state index in [0.29, 0.717) is 32.5 Å². The molecule has 2 aromatic rings. The molecule has 2 aromatic carbocycles. The number of β-amino-alcohol motifs (C(OH)–C–C–N with tert-alkyl or cyclic N) is 1. The summed E-state index contributed by atoms with van der Waals surface area (Å²) in [7, 11) is 0. The highest BCUT2D eigenvalue weighted by molar-refractivity contribution is 9.10. The van der Waals surface area contributed by atoms with E-state index in [1.807, 2.05) is 42.5 Å². The van der Waals surface area contributed by atoms with Gasteiger partial charge in [0.05, 0.1) is 6.10 Å². The number of amides is 2. The zero-order valence-electron chi connectivity index (χ0n) is 16.9. The van der Waals surface area contributed by atoms with E-state index in [0.717, 1.165) is 46.0 Å². The van der Waals surface area contributed by atoms with Crippen molar-refractivity contribution in [1.29, 1.82) is 0 Å². The van der Waals surface area contributed by atoms with Gasteiger partial charge in [-0.3, -0.25) is 9.59 Å². The molecule has 1 atom stereocenters. The highest BCUT2D eigenvalue weighted by Crippen LogP contribution is 2.29. The van der Waals surface area contributed by atoms with Gasteiger partial charge in [0.25, 0.3) is 5.91 Å². The van der Waals surface area contributed by atoms with Crippen LogP contribution in [0.15, 0.2) is 46.9 Å². The monoisotopic (exact) mass is 470 g/mol. The Hall–Kier alpha value is -2.18. The fourth-order valence-electron chi connectivity index (χ4n) is 3.99. The molecule has 0 saturated heterocycles. The van der Waals surface area contributed by atoms with Crippen LogP contribution in [-0.4, -0.2) is 41.0 Å². The molecule has 2 N–H and O–H groups in total. The Labute approximate surface area is 185 Å². The quantitative estimate of drug-likeness (QED) is 0.620.